The van der Waals surface area contributed by atoms with E-state index >= 15 is 0 Å². The van der Waals surface area contributed by atoms with E-state index in [1.165, 1.54) is 11.5 Å². The number of carbonyl (C=O) groups excluding carboxylic acids is 2. The number of hydrogen-bond donors (Lipinski definition) is 1. The first kappa shape index (κ1) is 18.4. The number of aryl methyl sites for hydroxylation is 1. The van der Waals surface area contributed by atoms with E-state index < -0.39 is 18.0 Å². The van der Waals surface area contributed by atoms with Gasteiger partial charge in [-0.1, -0.05) is 27.3 Å². The lowest BCUT2D eigenvalue weighted by atomic mass is 10.3. The summed E-state index contributed by atoms with van der Waals surface area (Å²) in [4.78, 5) is 35.3. The number of hydrogen-bond acceptors (Lipinski definition) is 5. The Morgan fingerprint density at radius 1 is 1.33 bits per heavy atom. The molecule has 128 valence electrons. The number of rotatable bonds is 6. The second kappa shape index (κ2) is 8.25. The van der Waals surface area contributed by atoms with Crippen LogP contribution in [-0.4, -0.2) is 22.5 Å². The number of amides is 1. The minimum atomic E-state index is -0.915. The Balaban J connectivity index is 1.83. The van der Waals surface area contributed by atoms with Crippen molar-refractivity contribution in [3.8, 4) is 0 Å². The Bertz CT molecular complexity index is 782. The molecule has 0 aliphatic carbocycles. The quantitative estimate of drug-likeness (QED) is 0.739. The van der Waals surface area contributed by atoms with Crippen LogP contribution in [0.25, 0.3) is 0 Å². The van der Waals surface area contributed by atoms with Gasteiger partial charge in [0.25, 0.3) is 5.91 Å². The minimum Gasteiger partial charge on any atom is -0.452 e. The van der Waals surface area contributed by atoms with Crippen molar-refractivity contribution in [1.82, 2.24) is 4.57 Å². The molecule has 0 radical (unpaired) electrons. The van der Waals surface area contributed by atoms with Crippen molar-refractivity contribution >= 4 is 44.8 Å². The topological polar surface area (TPSA) is 77.4 Å². The summed E-state index contributed by atoms with van der Waals surface area (Å²) in [7, 11) is 0. The number of halogens is 1. The summed E-state index contributed by atoms with van der Waals surface area (Å²) in [5, 5.41) is 4.41. The highest BCUT2D eigenvalue weighted by atomic mass is 79.9. The second-order valence-electron chi connectivity index (χ2n) is 5.17. The van der Waals surface area contributed by atoms with Gasteiger partial charge in [0.05, 0.1) is 6.42 Å². The number of carbonyl (C=O) groups is 2. The van der Waals surface area contributed by atoms with E-state index in [1.807, 2.05) is 0 Å². The lowest BCUT2D eigenvalue weighted by Crippen LogP contribution is -2.30. The zero-order chi connectivity index (χ0) is 17.7. The minimum absolute atomic E-state index is 0.0351. The molecule has 1 N–H and O–H groups in total. The molecule has 2 aromatic rings. The van der Waals surface area contributed by atoms with Crippen molar-refractivity contribution < 1.29 is 14.3 Å². The number of thiazole rings is 1. The molecule has 0 saturated carbocycles. The van der Waals surface area contributed by atoms with Crippen molar-refractivity contribution in [1.29, 1.82) is 0 Å². The largest absolute Gasteiger partial charge is 0.452 e. The van der Waals surface area contributed by atoms with Gasteiger partial charge in [-0.15, -0.1) is 0 Å². The van der Waals surface area contributed by atoms with E-state index in [0.717, 1.165) is 21.5 Å². The van der Waals surface area contributed by atoms with Gasteiger partial charge in [-0.25, -0.2) is 0 Å². The van der Waals surface area contributed by atoms with Crippen LogP contribution in [0.2, 0.25) is 0 Å². The van der Waals surface area contributed by atoms with Crippen LogP contribution in [0, 0.1) is 6.92 Å². The SMILES string of the molecule is Cc1csc(=O)n1CCC(=O)O[C@H](C)C(=O)Nc1ccc(Br)cc1. The maximum atomic E-state index is 12.0. The molecule has 0 aliphatic rings. The first-order chi connectivity index (χ1) is 11.4. The highest BCUT2D eigenvalue weighted by molar-refractivity contribution is 9.10. The van der Waals surface area contributed by atoms with Crippen LogP contribution in [0.15, 0.2) is 38.9 Å². The van der Waals surface area contributed by atoms with Crippen LogP contribution in [-0.2, 0) is 20.9 Å². The summed E-state index contributed by atoms with van der Waals surface area (Å²) in [6, 6.07) is 7.07. The zero-order valence-electron chi connectivity index (χ0n) is 13.2. The summed E-state index contributed by atoms with van der Waals surface area (Å²) >= 11 is 4.40. The van der Waals surface area contributed by atoms with Gasteiger partial charge in [-0.2, -0.15) is 0 Å². The Hall–Kier alpha value is -1.93. The molecule has 2 rings (SSSR count). The van der Waals surface area contributed by atoms with Crippen LogP contribution in [0.3, 0.4) is 0 Å². The molecular weight excluding hydrogens is 396 g/mol. The molecule has 1 atom stereocenters. The summed E-state index contributed by atoms with van der Waals surface area (Å²) in [6.45, 7) is 3.56. The van der Waals surface area contributed by atoms with E-state index in [9.17, 15) is 14.4 Å². The molecule has 6 nitrogen and oxygen atoms in total. The maximum Gasteiger partial charge on any atom is 0.308 e. The molecule has 1 heterocycles. The summed E-state index contributed by atoms with van der Waals surface area (Å²) in [5.41, 5.74) is 1.42. The van der Waals surface area contributed by atoms with Gasteiger partial charge in [0.2, 0.25) is 0 Å². The molecule has 24 heavy (non-hydrogen) atoms. The normalized spacial score (nSPS) is 11.8. The summed E-state index contributed by atoms with van der Waals surface area (Å²) < 4.78 is 7.53. The molecule has 0 saturated heterocycles. The lowest BCUT2D eigenvalue weighted by molar-refractivity contribution is -0.153. The third-order valence-electron chi connectivity index (χ3n) is 3.31. The Kier molecular flexibility index (Phi) is 6.33. The van der Waals surface area contributed by atoms with Gasteiger partial charge in [-0.05, 0) is 38.1 Å². The van der Waals surface area contributed by atoms with E-state index in [-0.39, 0.29) is 17.8 Å². The molecule has 1 amide bonds. The van der Waals surface area contributed by atoms with Crippen molar-refractivity contribution in [2.45, 2.75) is 32.9 Å². The Morgan fingerprint density at radius 2 is 2.00 bits per heavy atom. The summed E-state index contributed by atoms with van der Waals surface area (Å²) in [6.07, 6.45) is -0.880. The van der Waals surface area contributed by atoms with E-state index in [2.05, 4.69) is 21.2 Å². The van der Waals surface area contributed by atoms with Gasteiger partial charge in [0.1, 0.15) is 0 Å². The molecule has 8 heteroatoms. The monoisotopic (exact) mass is 412 g/mol. The molecule has 0 unspecified atom stereocenters. The van der Waals surface area contributed by atoms with Crippen LogP contribution in [0.1, 0.15) is 19.0 Å². The third-order valence-corrected chi connectivity index (χ3v) is 4.71. The number of ether oxygens (including phenoxy) is 1. The molecule has 0 spiro atoms. The smallest absolute Gasteiger partial charge is 0.308 e. The van der Waals surface area contributed by atoms with E-state index in [0.29, 0.717) is 5.69 Å². The number of nitrogens with zero attached hydrogens (tertiary/aromatic N) is 1. The number of anilines is 1. The van der Waals surface area contributed by atoms with Gasteiger partial charge in [0.15, 0.2) is 6.10 Å². The Labute approximate surface area is 151 Å². The summed E-state index contributed by atoms with van der Waals surface area (Å²) in [5.74, 6) is -0.930. The van der Waals surface area contributed by atoms with Crippen molar-refractivity contribution in [3.63, 3.8) is 0 Å². The van der Waals surface area contributed by atoms with Crippen molar-refractivity contribution in [2.24, 2.45) is 0 Å². The van der Waals surface area contributed by atoms with Crippen LogP contribution < -0.4 is 10.2 Å². The number of esters is 1. The number of nitrogens with one attached hydrogen (secondary N) is 1. The number of benzene rings is 1. The Morgan fingerprint density at radius 3 is 2.58 bits per heavy atom. The molecular formula is C16H17BrN2O4S. The third kappa shape index (κ3) is 5.04. The van der Waals surface area contributed by atoms with Crippen molar-refractivity contribution in [2.75, 3.05) is 5.32 Å². The molecule has 0 aliphatic heterocycles. The molecule has 0 fully saturated rings. The fourth-order valence-electron chi connectivity index (χ4n) is 1.96. The first-order valence-corrected chi connectivity index (χ1v) is 8.95. The van der Waals surface area contributed by atoms with Crippen LogP contribution in [0.5, 0.6) is 0 Å². The second-order valence-corrected chi connectivity index (χ2v) is 6.91. The van der Waals surface area contributed by atoms with E-state index in [4.69, 9.17) is 4.74 Å². The zero-order valence-corrected chi connectivity index (χ0v) is 15.6. The van der Waals surface area contributed by atoms with E-state index in [1.54, 1.807) is 36.6 Å². The van der Waals surface area contributed by atoms with Crippen LogP contribution >= 0.6 is 27.3 Å². The molecule has 1 aromatic carbocycles. The fraction of sp³-hybridized carbons (Fsp3) is 0.312. The fourth-order valence-corrected chi connectivity index (χ4v) is 2.99. The molecule has 0 bridgehead atoms. The first-order valence-electron chi connectivity index (χ1n) is 7.27. The predicted molar refractivity (Wildman–Crippen MR) is 96.3 cm³/mol. The van der Waals surface area contributed by atoms with Gasteiger partial charge >= 0.3 is 10.8 Å². The lowest BCUT2D eigenvalue weighted by Gasteiger charge is -2.14. The highest BCUT2D eigenvalue weighted by Gasteiger charge is 2.18. The average molecular weight is 413 g/mol. The average Bonchev–Trinajstić information content (AvgIpc) is 2.86. The predicted octanol–water partition coefficient (Wildman–Crippen LogP) is 2.94. The number of aromatic nitrogens is 1. The van der Waals surface area contributed by atoms with Gasteiger partial charge in [0, 0.05) is 27.8 Å². The molecule has 1 aromatic heterocycles. The van der Waals surface area contributed by atoms with Gasteiger partial charge in [-0.3, -0.25) is 14.4 Å². The van der Waals surface area contributed by atoms with Gasteiger partial charge < -0.3 is 14.6 Å². The van der Waals surface area contributed by atoms with Crippen LogP contribution in [0.4, 0.5) is 5.69 Å². The maximum absolute atomic E-state index is 12.0. The van der Waals surface area contributed by atoms with Crippen molar-refractivity contribution in [3.05, 3.63) is 49.5 Å². The standard InChI is InChI=1S/C16H17BrN2O4S/c1-10-9-24-16(22)19(10)8-7-14(20)23-11(2)15(21)18-13-5-3-12(17)4-6-13/h3-6,9,11H,7-8H2,1-2H3,(H,18,21)/t11-/m1/s1. The highest BCUT2D eigenvalue weighted by Crippen LogP contribution is 2.14.